The van der Waals surface area contributed by atoms with Gasteiger partial charge in [-0.3, -0.25) is 4.90 Å². The van der Waals surface area contributed by atoms with E-state index < -0.39 is 0 Å². The van der Waals surface area contributed by atoms with Gasteiger partial charge in [0.1, 0.15) is 19.4 Å². The summed E-state index contributed by atoms with van der Waals surface area (Å²) in [6.45, 7) is 37.9. The molecule has 1 fully saturated rings. The number of anilines is 1. The van der Waals surface area contributed by atoms with Crippen LogP contribution in [0, 0.1) is 36.0 Å². The average Bonchev–Trinajstić information content (AvgIpc) is 3.38. The van der Waals surface area contributed by atoms with Gasteiger partial charge in [-0.15, -0.1) is 13.2 Å². The number of rotatable bonds is 17. The summed E-state index contributed by atoms with van der Waals surface area (Å²) in [5.74, 6) is 3.49. The van der Waals surface area contributed by atoms with Gasteiger partial charge in [-0.25, -0.2) is 4.39 Å². The number of nitrogens with one attached hydrogen (secondary N) is 5. The number of aryl methyl sites for hydroxylation is 1. The molecule has 388 valence electrons. The van der Waals surface area contributed by atoms with Crippen LogP contribution in [-0.2, 0) is 16.1 Å². The van der Waals surface area contributed by atoms with Gasteiger partial charge >= 0.3 is 0 Å². The van der Waals surface area contributed by atoms with Gasteiger partial charge < -0.3 is 36.2 Å². The third-order valence-electron chi connectivity index (χ3n) is 10.9. The highest BCUT2D eigenvalue weighted by Gasteiger charge is 2.27. The SMILES string of the molecule is C=CC(CC(C)(C)C)C(CNC)c1cccc(C)c1F.C=CCCC(C(=C)NC)N(C)Cc1c(C#CNC)cccc1C=C.C=O.C=O.CC.CC.CNC1CCCCC1.CNc1cccc(Cl)c1. The molecule has 69 heavy (non-hydrogen) atoms. The van der Waals surface area contributed by atoms with Crippen molar-refractivity contribution in [2.24, 2.45) is 11.3 Å². The van der Waals surface area contributed by atoms with Crippen LogP contribution in [-0.4, -0.2) is 79.4 Å². The maximum atomic E-state index is 14.4. The van der Waals surface area contributed by atoms with Crippen LogP contribution in [0.4, 0.5) is 10.1 Å². The van der Waals surface area contributed by atoms with E-state index in [4.69, 9.17) is 21.2 Å². The van der Waals surface area contributed by atoms with Gasteiger partial charge in [-0.2, -0.15) is 0 Å². The van der Waals surface area contributed by atoms with Crippen molar-refractivity contribution in [2.45, 2.75) is 131 Å². The molecular weight excluding hydrogens is 879 g/mol. The lowest BCUT2D eigenvalue weighted by Gasteiger charge is -2.31. The predicted molar refractivity (Wildman–Crippen MR) is 305 cm³/mol. The van der Waals surface area contributed by atoms with E-state index in [0.29, 0.717) is 5.56 Å². The van der Waals surface area contributed by atoms with Crippen LogP contribution in [0.25, 0.3) is 6.08 Å². The second kappa shape index (κ2) is 45.5. The number of likely N-dealkylation sites (N-methyl/N-ethyl adjacent to an activating group) is 3. The van der Waals surface area contributed by atoms with E-state index >= 15 is 0 Å². The lowest BCUT2D eigenvalue weighted by molar-refractivity contribution is -0.0987. The Labute approximate surface area is 427 Å². The maximum absolute atomic E-state index is 14.4. The largest absolute Gasteiger partial charge is 0.391 e. The van der Waals surface area contributed by atoms with Crippen LogP contribution < -0.4 is 26.6 Å². The summed E-state index contributed by atoms with van der Waals surface area (Å²) >= 11 is 5.68. The fourth-order valence-electron chi connectivity index (χ4n) is 7.48. The molecule has 0 heterocycles. The third-order valence-corrected chi connectivity index (χ3v) is 11.1. The van der Waals surface area contributed by atoms with Crippen LogP contribution in [0.15, 0.2) is 105 Å². The Hall–Kier alpha value is -4.98. The highest BCUT2D eigenvalue weighted by molar-refractivity contribution is 6.30. The minimum Gasteiger partial charge on any atom is -0.391 e. The quantitative estimate of drug-likeness (QED) is 0.0519. The van der Waals surface area contributed by atoms with Gasteiger partial charge in [0, 0.05) is 80.2 Å². The molecule has 3 unspecified atom stereocenters. The molecule has 0 spiro atoms. The van der Waals surface area contributed by atoms with Crippen LogP contribution in [0.3, 0.4) is 0 Å². The van der Waals surface area contributed by atoms with Crippen molar-refractivity contribution in [3.05, 3.63) is 143 Å². The zero-order chi connectivity index (χ0) is 53.8. The number of nitrogens with zero attached hydrogens (tertiary/aromatic N) is 1. The standard InChI is InChI=1S/C21H29N3.C18H28FN.C7H8ClN.C7H15N.2C2H6.2CH2O/c1-7-9-13-21(17(3)23-5)24(6)16-20-18(8-2)11-10-12-19(20)14-15-22-4;1-7-14(11-18(3,4)5)16(12-20-6)15-10-8-9-13(2)17(15)19;1-9-7-4-2-3-6(8)5-7;1-8-7-5-3-2-4-6-7;4*1-2/h7-8,10-12,21-23H,1-3,9,13,16H2,4-6H3;7-10,14,16,20H,1,11-12H2,2-6H3;2-5,9H,1H3;7-8H,2-6H2,1H3;2*1-2H3;2*1H2. The molecular formula is C59H96ClFN6O2. The van der Waals surface area contributed by atoms with Gasteiger partial charge in [0.05, 0.1) is 0 Å². The number of carbonyl (C=O) groups is 2. The van der Waals surface area contributed by atoms with Crippen molar-refractivity contribution >= 4 is 36.9 Å². The number of hydrogen-bond acceptors (Lipinski definition) is 8. The average molecular weight is 976 g/mol. The molecule has 0 radical (unpaired) electrons. The highest BCUT2D eigenvalue weighted by Crippen LogP contribution is 2.36. The van der Waals surface area contributed by atoms with Gasteiger partial charge in [-0.05, 0) is 124 Å². The summed E-state index contributed by atoms with van der Waals surface area (Å²) in [7, 11) is 11.7. The van der Waals surface area contributed by atoms with E-state index in [9.17, 15) is 4.39 Å². The first-order valence-corrected chi connectivity index (χ1v) is 24.8. The number of benzene rings is 3. The zero-order valence-corrected chi connectivity index (χ0v) is 46.4. The third kappa shape index (κ3) is 31.0. The summed E-state index contributed by atoms with van der Waals surface area (Å²) in [5, 5.41) is 16.3. The molecule has 1 aliphatic carbocycles. The first kappa shape index (κ1) is 70.6. The summed E-state index contributed by atoms with van der Waals surface area (Å²) < 4.78 is 14.4. The van der Waals surface area contributed by atoms with Crippen LogP contribution >= 0.6 is 11.6 Å². The van der Waals surface area contributed by atoms with Gasteiger partial charge in [0.15, 0.2) is 0 Å². The fraction of sp³-hybridized carbons (Fsp3) is 0.492. The van der Waals surface area contributed by atoms with Crippen LogP contribution in [0.1, 0.15) is 134 Å². The van der Waals surface area contributed by atoms with E-state index in [0.717, 1.165) is 71.5 Å². The molecule has 3 aromatic carbocycles. The van der Waals surface area contributed by atoms with E-state index in [1.54, 1.807) is 0 Å². The van der Waals surface area contributed by atoms with Gasteiger partial charge in [-0.1, -0.05) is 147 Å². The van der Waals surface area contributed by atoms with Crippen molar-refractivity contribution in [1.82, 2.24) is 26.2 Å². The van der Waals surface area contributed by atoms with Crippen LogP contribution in [0.2, 0.25) is 5.02 Å². The summed E-state index contributed by atoms with van der Waals surface area (Å²) in [4.78, 5) is 18.3. The monoisotopic (exact) mass is 975 g/mol. The number of hydrogen-bond donors (Lipinski definition) is 5. The Balaban J connectivity index is -0.000000417. The Bertz CT molecular complexity index is 1840. The highest BCUT2D eigenvalue weighted by atomic mass is 35.5. The second-order valence-electron chi connectivity index (χ2n) is 16.8. The van der Waals surface area contributed by atoms with Crippen molar-refractivity contribution < 1.29 is 14.0 Å². The Morgan fingerprint density at radius 2 is 1.49 bits per heavy atom. The number of allylic oxidation sites excluding steroid dienone is 2. The molecule has 4 rings (SSSR count). The van der Waals surface area contributed by atoms with E-state index in [1.807, 2.05) is 149 Å². The van der Waals surface area contributed by atoms with Crippen molar-refractivity contribution in [2.75, 3.05) is 54.1 Å². The first-order valence-electron chi connectivity index (χ1n) is 24.4. The molecule has 0 aliphatic heterocycles. The summed E-state index contributed by atoms with van der Waals surface area (Å²) in [6, 6.07) is 23.4. The van der Waals surface area contributed by atoms with Gasteiger partial charge in [0.2, 0.25) is 0 Å². The first-order chi connectivity index (χ1) is 33.1. The molecule has 0 amide bonds. The van der Waals surface area contributed by atoms with E-state index in [2.05, 4.69) is 111 Å². The minimum absolute atomic E-state index is 0.0755. The Kier molecular flexibility index (Phi) is 46.5. The van der Waals surface area contributed by atoms with Crippen molar-refractivity contribution in [3.63, 3.8) is 0 Å². The molecule has 1 saturated carbocycles. The molecule has 1 aliphatic rings. The van der Waals surface area contributed by atoms with Crippen molar-refractivity contribution in [1.29, 1.82) is 0 Å². The second-order valence-corrected chi connectivity index (χ2v) is 17.3. The molecule has 0 aromatic heterocycles. The molecule has 5 N–H and O–H groups in total. The number of carbonyl (C=O) groups excluding carboxylic acids is 2. The fourth-order valence-corrected chi connectivity index (χ4v) is 7.67. The predicted octanol–water partition coefficient (Wildman–Crippen LogP) is 13.6. The van der Waals surface area contributed by atoms with Crippen LogP contribution in [0.5, 0.6) is 0 Å². The molecule has 0 bridgehead atoms. The molecule has 0 saturated heterocycles. The molecule has 10 heteroatoms. The van der Waals surface area contributed by atoms with Gasteiger partial charge in [0.25, 0.3) is 0 Å². The Morgan fingerprint density at radius 3 is 1.94 bits per heavy atom. The summed E-state index contributed by atoms with van der Waals surface area (Å²) in [5.41, 5.74) is 7.08. The zero-order valence-electron chi connectivity index (χ0n) is 45.6. The van der Waals surface area contributed by atoms with E-state index in [1.165, 1.54) is 37.7 Å². The smallest absolute Gasteiger partial charge is 0.129 e. The maximum Gasteiger partial charge on any atom is 0.129 e. The minimum atomic E-state index is -0.0755. The topological polar surface area (TPSA) is 97.5 Å². The van der Waals surface area contributed by atoms with Crippen molar-refractivity contribution in [3.8, 4) is 12.0 Å². The number of halogens is 2. The molecule has 8 nitrogen and oxygen atoms in total. The molecule has 3 atom stereocenters. The lowest BCUT2D eigenvalue weighted by Crippen LogP contribution is -2.36. The lowest BCUT2D eigenvalue weighted by atomic mass is 9.75. The normalized spacial score (nSPS) is 12.4. The Morgan fingerprint density at radius 1 is 0.899 bits per heavy atom. The molecule has 3 aromatic rings. The van der Waals surface area contributed by atoms with E-state index in [-0.39, 0.29) is 29.1 Å². The summed E-state index contributed by atoms with van der Waals surface area (Å²) in [6.07, 6.45) is 15.9.